The quantitative estimate of drug-likeness (QED) is 0.610. The standard InChI is InChI=1S/C10H18N2O2/c1-9(2,3)10-5-11-4-7(10)12(6-10)8(13)14/h7,11H,4-6H2,1-3H3,(H,13,14)/t7-,10-/m0/s1. The average Bonchev–Trinajstić information content (AvgIpc) is 2.26. The SMILES string of the molecule is CC(C)(C)[C@]12CNC[C@@H]1N(C(=O)O)C2. The highest BCUT2D eigenvalue weighted by Gasteiger charge is 2.62. The summed E-state index contributed by atoms with van der Waals surface area (Å²) in [6, 6.07) is 0.181. The van der Waals surface area contributed by atoms with Crippen LogP contribution in [0.25, 0.3) is 0 Å². The minimum absolute atomic E-state index is 0.158. The topological polar surface area (TPSA) is 52.6 Å². The third kappa shape index (κ3) is 1.00. The summed E-state index contributed by atoms with van der Waals surface area (Å²) in [6.45, 7) is 9.04. The maximum Gasteiger partial charge on any atom is 0.407 e. The van der Waals surface area contributed by atoms with E-state index in [0.29, 0.717) is 6.54 Å². The summed E-state index contributed by atoms with van der Waals surface area (Å²) in [5.74, 6) is 0. The first-order valence-electron chi connectivity index (χ1n) is 5.09. The first-order valence-corrected chi connectivity index (χ1v) is 5.09. The Hall–Kier alpha value is -0.770. The number of likely N-dealkylation sites (tertiary alicyclic amines) is 1. The summed E-state index contributed by atoms with van der Waals surface area (Å²) in [5, 5.41) is 12.3. The third-order valence-corrected chi connectivity index (χ3v) is 3.98. The number of hydrogen-bond donors (Lipinski definition) is 2. The van der Waals surface area contributed by atoms with Crippen LogP contribution in [0.4, 0.5) is 4.79 Å². The van der Waals surface area contributed by atoms with Gasteiger partial charge in [-0.3, -0.25) is 0 Å². The molecule has 2 aliphatic heterocycles. The number of carboxylic acid groups (broad SMARTS) is 1. The summed E-state index contributed by atoms with van der Waals surface area (Å²) in [5.41, 5.74) is 0.332. The molecular formula is C10H18N2O2. The van der Waals surface area contributed by atoms with Crippen LogP contribution in [-0.2, 0) is 0 Å². The highest BCUT2D eigenvalue weighted by atomic mass is 16.4. The van der Waals surface area contributed by atoms with Gasteiger partial charge in [0, 0.05) is 25.0 Å². The van der Waals surface area contributed by atoms with Gasteiger partial charge >= 0.3 is 6.09 Å². The summed E-state index contributed by atoms with van der Waals surface area (Å²) < 4.78 is 0. The Labute approximate surface area is 84.3 Å². The molecule has 2 fully saturated rings. The van der Waals surface area contributed by atoms with Gasteiger partial charge in [0.05, 0.1) is 6.04 Å². The van der Waals surface area contributed by atoms with Crippen LogP contribution in [-0.4, -0.2) is 41.8 Å². The van der Waals surface area contributed by atoms with Gasteiger partial charge < -0.3 is 15.3 Å². The van der Waals surface area contributed by atoms with Crippen molar-refractivity contribution in [3.8, 4) is 0 Å². The number of nitrogens with one attached hydrogen (secondary N) is 1. The van der Waals surface area contributed by atoms with Crippen molar-refractivity contribution in [3.05, 3.63) is 0 Å². The molecule has 0 aromatic heterocycles. The van der Waals surface area contributed by atoms with Crippen LogP contribution < -0.4 is 5.32 Å². The molecule has 2 heterocycles. The fourth-order valence-corrected chi connectivity index (χ4v) is 2.82. The van der Waals surface area contributed by atoms with Crippen molar-refractivity contribution in [1.29, 1.82) is 0 Å². The first kappa shape index (κ1) is 9.77. The van der Waals surface area contributed by atoms with Crippen molar-refractivity contribution in [3.63, 3.8) is 0 Å². The van der Waals surface area contributed by atoms with Crippen LogP contribution in [0.15, 0.2) is 0 Å². The van der Waals surface area contributed by atoms with Gasteiger partial charge in [0.2, 0.25) is 0 Å². The van der Waals surface area contributed by atoms with E-state index in [9.17, 15) is 4.79 Å². The molecule has 14 heavy (non-hydrogen) atoms. The molecule has 0 saturated carbocycles. The Morgan fingerprint density at radius 2 is 2.21 bits per heavy atom. The molecule has 2 saturated heterocycles. The molecule has 4 heteroatoms. The molecule has 4 nitrogen and oxygen atoms in total. The molecule has 0 aliphatic carbocycles. The molecule has 80 valence electrons. The minimum atomic E-state index is -0.779. The molecule has 0 spiro atoms. The minimum Gasteiger partial charge on any atom is -0.465 e. The van der Waals surface area contributed by atoms with Crippen LogP contribution in [0.2, 0.25) is 0 Å². The van der Waals surface area contributed by atoms with Gasteiger partial charge in [-0.1, -0.05) is 20.8 Å². The zero-order chi connectivity index (χ0) is 10.6. The Morgan fingerprint density at radius 3 is 2.71 bits per heavy atom. The van der Waals surface area contributed by atoms with E-state index in [2.05, 4.69) is 26.1 Å². The number of carbonyl (C=O) groups is 1. The maximum absolute atomic E-state index is 10.9. The average molecular weight is 198 g/mol. The van der Waals surface area contributed by atoms with E-state index in [4.69, 9.17) is 5.11 Å². The molecule has 0 aromatic rings. The van der Waals surface area contributed by atoms with Gasteiger partial charge in [-0.25, -0.2) is 4.79 Å². The Kier molecular flexibility index (Phi) is 1.83. The van der Waals surface area contributed by atoms with Crippen molar-refractivity contribution in [2.45, 2.75) is 26.8 Å². The third-order valence-electron chi connectivity index (χ3n) is 3.98. The van der Waals surface area contributed by atoms with Crippen molar-refractivity contribution >= 4 is 6.09 Å². The zero-order valence-electron chi connectivity index (χ0n) is 9.00. The Balaban J connectivity index is 2.21. The lowest BCUT2D eigenvalue weighted by molar-refractivity contribution is -0.0903. The van der Waals surface area contributed by atoms with Gasteiger partial charge in [-0.15, -0.1) is 0 Å². The van der Waals surface area contributed by atoms with Gasteiger partial charge in [0.1, 0.15) is 0 Å². The van der Waals surface area contributed by atoms with Crippen molar-refractivity contribution < 1.29 is 9.90 Å². The molecular weight excluding hydrogens is 180 g/mol. The van der Waals surface area contributed by atoms with Crippen molar-refractivity contribution in [2.75, 3.05) is 19.6 Å². The number of rotatable bonds is 0. The molecule has 1 amide bonds. The van der Waals surface area contributed by atoms with E-state index in [-0.39, 0.29) is 16.9 Å². The normalized spacial score (nSPS) is 36.5. The second-order valence-corrected chi connectivity index (χ2v) is 5.46. The second-order valence-electron chi connectivity index (χ2n) is 5.46. The van der Waals surface area contributed by atoms with Gasteiger partial charge in [-0.2, -0.15) is 0 Å². The lowest BCUT2D eigenvalue weighted by Crippen LogP contribution is -2.70. The summed E-state index contributed by atoms with van der Waals surface area (Å²) in [4.78, 5) is 12.5. The van der Waals surface area contributed by atoms with Crippen molar-refractivity contribution in [1.82, 2.24) is 10.2 Å². The number of nitrogens with zero attached hydrogens (tertiary/aromatic N) is 1. The molecule has 2 rings (SSSR count). The summed E-state index contributed by atoms with van der Waals surface area (Å²) in [7, 11) is 0. The lowest BCUT2D eigenvalue weighted by Gasteiger charge is -2.58. The zero-order valence-corrected chi connectivity index (χ0v) is 9.00. The maximum atomic E-state index is 10.9. The highest BCUT2D eigenvalue weighted by molar-refractivity contribution is 5.67. The van der Waals surface area contributed by atoms with E-state index >= 15 is 0 Å². The monoisotopic (exact) mass is 198 g/mol. The molecule has 0 bridgehead atoms. The van der Waals surface area contributed by atoms with E-state index in [1.54, 1.807) is 4.90 Å². The summed E-state index contributed by atoms with van der Waals surface area (Å²) in [6.07, 6.45) is -0.779. The van der Waals surface area contributed by atoms with Crippen LogP contribution in [0.3, 0.4) is 0 Å². The lowest BCUT2D eigenvalue weighted by atomic mass is 9.58. The van der Waals surface area contributed by atoms with Gasteiger partial charge in [-0.05, 0) is 5.41 Å². The highest BCUT2D eigenvalue weighted by Crippen LogP contribution is 2.52. The van der Waals surface area contributed by atoms with Gasteiger partial charge in [0.25, 0.3) is 0 Å². The van der Waals surface area contributed by atoms with E-state index in [1.807, 2.05) is 0 Å². The van der Waals surface area contributed by atoms with E-state index in [0.717, 1.165) is 13.1 Å². The smallest absolute Gasteiger partial charge is 0.407 e. The fraction of sp³-hybridized carbons (Fsp3) is 0.900. The van der Waals surface area contributed by atoms with E-state index < -0.39 is 6.09 Å². The second kappa shape index (κ2) is 2.63. The molecule has 0 radical (unpaired) electrons. The Morgan fingerprint density at radius 1 is 1.57 bits per heavy atom. The van der Waals surface area contributed by atoms with Gasteiger partial charge in [0.15, 0.2) is 0 Å². The predicted molar refractivity (Wildman–Crippen MR) is 53.3 cm³/mol. The summed E-state index contributed by atoms with van der Waals surface area (Å²) >= 11 is 0. The number of hydrogen-bond acceptors (Lipinski definition) is 2. The largest absolute Gasteiger partial charge is 0.465 e. The molecule has 0 unspecified atom stereocenters. The van der Waals surface area contributed by atoms with Crippen LogP contribution in [0.1, 0.15) is 20.8 Å². The number of amides is 1. The Bertz CT molecular complexity index is 272. The van der Waals surface area contributed by atoms with Crippen LogP contribution in [0.5, 0.6) is 0 Å². The first-order chi connectivity index (χ1) is 6.38. The number of fused-ring (bicyclic) bond motifs is 1. The van der Waals surface area contributed by atoms with Crippen LogP contribution >= 0.6 is 0 Å². The van der Waals surface area contributed by atoms with Crippen LogP contribution in [0, 0.1) is 10.8 Å². The fourth-order valence-electron chi connectivity index (χ4n) is 2.82. The molecule has 2 aliphatic rings. The van der Waals surface area contributed by atoms with Crippen molar-refractivity contribution in [2.24, 2.45) is 10.8 Å². The predicted octanol–water partition coefficient (Wildman–Crippen LogP) is 0.984. The molecule has 2 atom stereocenters. The molecule has 2 N–H and O–H groups in total. The van der Waals surface area contributed by atoms with E-state index in [1.165, 1.54) is 0 Å². The molecule has 0 aromatic carbocycles.